The van der Waals surface area contributed by atoms with Crippen molar-refractivity contribution in [3.8, 4) is 0 Å². The number of hydrogen-bond acceptors (Lipinski definition) is 3. The van der Waals surface area contributed by atoms with Crippen molar-refractivity contribution in [2.24, 2.45) is 16.8 Å². The fraction of sp³-hybridized carbons (Fsp3) is 0.905. The average molecular weight is 380 g/mol. The quantitative estimate of drug-likeness (QED) is 0.549. The zero-order chi connectivity index (χ0) is 20.0. The van der Waals surface area contributed by atoms with E-state index < -0.39 is 0 Å². The van der Waals surface area contributed by atoms with Crippen LogP contribution in [0.1, 0.15) is 60.8 Å². The maximum atomic E-state index is 12.2. The van der Waals surface area contributed by atoms with Crippen molar-refractivity contribution in [2.45, 2.75) is 72.4 Å². The minimum atomic E-state index is 0.0619. The van der Waals surface area contributed by atoms with Crippen molar-refractivity contribution in [1.29, 1.82) is 0 Å². The molecule has 2 aliphatic rings. The zero-order valence-corrected chi connectivity index (χ0v) is 18.3. The first kappa shape index (κ1) is 22.0. The number of likely N-dealkylation sites (tertiary alicyclic amines) is 2. The summed E-state index contributed by atoms with van der Waals surface area (Å²) in [7, 11) is 0. The summed E-state index contributed by atoms with van der Waals surface area (Å²) in [5.41, 5.74) is 0.0619. The second kappa shape index (κ2) is 9.76. The molecule has 2 N–H and O–H groups in total. The fourth-order valence-electron chi connectivity index (χ4n) is 4.07. The molecule has 0 spiro atoms. The van der Waals surface area contributed by atoms with E-state index in [9.17, 15) is 4.79 Å². The molecule has 27 heavy (non-hydrogen) atoms. The van der Waals surface area contributed by atoms with E-state index in [-0.39, 0.29) is 23.4 Å². The molecule has 2 atom stereocenters. The normalized spacial score (nSPS) is 25.1. The number of hydrogen-bond donors (Lipinski definition) is 2. The summed E-state index contributed by atoms with van der Waals surface area (Å²) in [6.07, 6.45) is 3.61. The molecular formula is C21H41N5O. The first-order valence-corrected chi connectivity index (χ1v) is 10.8. The molecule has 1 amide bonds. The third-order valence-electron chi connectivity index (χ3n) is 5.82. The SMILES string of the molecule is CCNC(=NCC(C)(C)N1CCCC(C)C1)NC1CCN(C(=O)C(C)C)C1. The van der Waals surface area contributed by atoms with Crippen molar-refractivity contribution >= 4 is 11.9 Å². The highest BCUT2D eigenvalue weighted by Gasteiger charge is 2.31. The van der Waals surface area contributed by atoms with Crippen LogP contribution < -0.4 is 10.6 Å². The topological polar surface area (TPSA) is 60.0 Å². The van der Waals surface area contributed by atoms with Gasteiger partial charge >= 0.3 is 0 Å². The Bertz CT molecular complexity index is 517. The van der Waals surface area contributed by atoms with Crippen LogP contribution in [0.25, 0.3) is 0 Å². The average Bonchev–Trinajstić information content (AvgIpc) is 3.07. The largest absolute Gasteiger partial charge is 0.357 e. The van der Waals surface area contributed by atoms with Crippen molar-refractivity contribution in [3.63, 3.8) is 0 Å². The van der Waals surface area contributed by atoms with E-state index in [1.165, 1.54) is 25.9 Å². The second-order valence-corrected chi connectivity index (χ2v) is 9.27. The highest BCUT2D eigenvalue weighted by molar-refractivity contribution is 5.81. The molecule has 0 aliphatic carbocycles. The van der Waals surface area contributed by atoms with E-state index in [0.717, 1.165) is 44.5 Å². The predicted molar refractivity (Wildman–Crippen MR) is 113 cm³/mol. The molecule has 0 saturated carbocycles. The molecule has 6 nitrogen and oxygen atoms in total. The molecule has 2 unspecified atom stereocenters. The van der Waals surface area contributed by atoms with Crippen LogP contribution in [-0.2, 0) is 4.79 Å². The predicted octanol–water partition coefficient (Wildman–Crippen LogP) is 2.31. The van der Waals surface area contributed by atoms with Gasteiger partial charge in [0.1, 0.15) is 0 Å². The Balaban J connectivity index is 1.93. The molecular weight excluding hydrogens is 338 g/mol. The number of nitrogens with zero attached hydrogens (tertiary/aromatic N) is 3. The maximum absolute atomic E-state index is 12.2. The molecule has 0 aromatic carbocycles. The number of rotatable bonds is 6. The minimum Gasteiger partial charge on any atom is -0.357 e. The molecule has 2 fully saturated rings. The van der Waals surface area contributed by atoms with Gasteiger partial charge in [0.2, 0.25) is 5.91 Å². The first-order chi connectivity index (χ1) is 12.7. The van der Waals surface area contributed by atoms with Gasteiger partial charge in [0.05, 0.1) is 6.54 Å². The van der Waals surface area contributed by atoms with Crippen molar-refractivity contribution in [3.05, 3.63) is 0 Å². The summed E-state index contributed by atoms with van der Waals surface area (Å²) in [5, 5.41) is 6.93. The first-order valence-electron chi connectivity index (χ1n) is 10.8. The lowest BCUT2D eigenvalue weighted by atomic mass is 9.94. The van der Waals surface area contributed by atoms with E-state index >= 15 is 0 Å². The Kier molecular flexibility index (Phi) is 7.95. The van der Waals surface area contributed by atoms with E-state index in [4.69, 9.17) is 4.99 Å². The third kappa shape index (κ3) is 6.37. The minimum absolute atomic E-state index is 0.0619. The summed E-state index contributed by atoms with van der Waals surface area (Å²) in [5.74, 6) is 1.97. The lowest BCUT2D eigenvalue weighted by Crippen LogP contribution is -2.52. The van der Waals surface area contributed by atoms with E-state index in [1.807, 2.05) is 18.7 Å². The Hall–Kier alpha value is -1.30. The number of piperidine rings is 1. The third-order valence-corrected chi connectivity index (χ3v) is 5.82. The van der Waals surface area contributed by atoms with Gasteiger partial charge in [-0.15, -0.1) is 0 Å². The van der Waals surface area contributed by atoms with Gasteiger partial charge in [0, 0.05) is 43.7 Å². The number of amides is 1. The summed E-state index contributed by atoms with van der Waals surface area (Å²) >= 11 is 0. The van der Waals surface area contributed by atoms with Gasteiger partial charge in [-0.05, 0) is 52.5 Å². The van der Waals surface area contributed by atoms with Crippen LogP contribution in [0.15, 0.2) is 4.99 Å². The van der Waals surface area contributed by atoms with E-state index in [1.54, 1.807) is 0 Å². The van der Waals surface area contributed by atoms with Crippen LogP contribution in [0.5, 0.6) is 0 Å². The molecule has 0 bridgehead atoms. The van der Waals surface area contributed by atoms with Crippen LogP contribution in [0.2, 0.25) is 0 Å². The molecule has 2 aliphatic heterocycles. The Labute approximate surface area is 166 Å². The maximum Gasteiger partial charge on any atom is 0.225 e. The van der Waals surface area contributed by atoms with Crippen LogP contribution in [0.4, 0.5) is 0 Å². The van der Waals surface area contributed by atoms with Crippen LogP contribution in [-0.4, -0.2) is 72.5 Å². The second-order valence-electron chi connectivity index (χ2n) is 9.27. The Morgan fingerprint density at radius 2 is 1.96 bits per heavy atom. The molecule has 156 valence electrons. The number of guanidine groups is 1. The molecule has 0 aromatic rings. The summed E-state index contributed by atoms with van der Waals surface area (Å²) in [6.45, 7) is 18.6. The Morgan fingerprint density at radius 3 is 2.59 bits per heavy atom. The standard InChI is InChI=1S/C21H41N5O/c1-7-22-20(24-18-10-12-25(14-18)19(27)16(2)3)23-15-21(5,6)26-11-8-9-17(4)13-26/h16-18H,7-15H2,1-6H3,(H2,22,23,24). The molecule has 0 radical (unpaired) electrons. The van der Waals surface area contributed by atoms with Crippen LogP contribution in [0, 0.1) is 11.8 Å². The van der Waals surface area contributed by atoms with E-state index in [2.05, 4.69) is 43.2 Å². The number of carbonyl (C=O) groups excluding carboxylic acids is 1. The van der Waals surface area contributed by atoms with Crippen LogP contribution >= 0.6 is 0 Å². The number of nitrogens with one attached hydrogen (secondary N) is 2. The molecule has 2 heterocycles. The smallest absolute Gasteiger partial charge is 0.225 e. The molecule has 2 saturated heterocycles. The van der Waals surface area contributed by atoms with E-state index in [0.29, 0.717) is 0 Å². The van der Waals surface area contributed by atoms with Gasteiger partial charge in [-0.1, -0.05) is 20.8 Å². The highest BCUT2D eigenvalue weighted by Crippen LogP contribution is 2.24. The lowest BCUT2D eigenvalue weighted by molar-refractivity contribution is -0.133. The summed E-state index contributed by atoms with van der Waals surface area (Å²) in [4.78, 5) is 21.7. The number of aliphatic imine (C=N–C) groups is 1. The van der Waals surface area contributed by atoms with Crippen molar-refractivity contribution < 1.29 is 4.79 Å². The molecule has 0 aromatic heterocycles. The van der Waals surface area contributed by atoms with Gasteiger partial charge in [-0.2, -0.15) is 0 Å². The Morgan fingerprint density at radius 1 is 1.22 bits per heavy atom. The summed E-state index contributed by atoms with van der Waals surface area (Å²) < 4.78 is 0. The number of carbonyl (C=O) groups is 1. The van der Waals surface area contributed by atoms with Gasteiger partial charge < -0.3 is 15.5 Å². The lowest BCUT2D eigenvalue weighted by Gasteiger charge is -2.42. The van der Waals surface area contributed by atoms with Crippen molar-refractivity contribution in [1.82, 2.24) is 20.4 Å². The van der Waals surface area contributed by atoms with Gasteiger partial charge in [0.15, 0.2) is 5.96 Å². The van der Waals surface area contributed by atoms with Crippen molar-refractivity contribution in [2.75, 3.05) is 39.3 Å². The van der Waals surface area contributed by atoms with Gasteiger partial charge in [-0.3, -0.25) is 14.7 Å². The zero-order valence-electron chi connectivity index (χ0n) is 18.3. The van der Waals surface area contributed by atoms with Gasteiger partial charge in [-0.25, -0.2) is 0 Å². The molecule has 6 heteroatoms. The summed E-state index contributed by atoms with van der Waals surface area (Å²) in [6, 6.07) is 0.281. The fourth-order valence-corrected chi connectivity index (χ4v) is 4.07. The monoisotopic (exact) mass is 379 g/mol. The van der Waals surface area contributed by atoms with Crippen LogP contribution in [0.3, 0.4) is 0 Å². The highest BCUT2D eigenvalue weighted by atomic mass is 16.2. The van der Waals surface area contributed by atoms with Gasteiger partial charge in [0.25, 0.3) is 0 Å². The molecule has 2 rings (SSSR count).